The van der Waals surface area contributed by atoms with Gasteiger partial charge in [0.1, 0.15) is 0 Å². The maximum Gasteiger partial charge on any atom is 0.230 e. The topological polar surface area (TPSA) is 37.3 Å². The van der Waals surface area contributed by atoms with Gasteiger partial charge in [0.2, 0.25) is 7.37 Å². The molecule has 0 fully saturated rings. The molecule has 15 heavy (non-hydrogen) atoms. The summed E-state index contributed by atoms with van der Waals surface area (Å²) >= 11 is 0. The van der Waals surface area contributed by atoms with E-state index in [9.17, 15) is 9.46 Å². The highest BCUT2D eigenvalue weighted by Crippen LogP contribution is 2.41. The number of benzene rings is 1. The lowest BCUT2D eigenvalue weighted by Crippen LogP contribution is -2.12. The van der Waals surface area contributed by atoms with Crippen LogP contribution in [-0.4, -0.2) is 11.1 Å². The number of aryl methyl sites for hydroxylation is 1. The van der Waals surface area contributed by atoms with Crippen LogP contribution in [0.4, 0.5) is 0 Å². The predicted molar refractivity (Wildman–Crippen MR) is 65.0 cm³/mol. The summed E-state index contributed by atoms with van der Waals surface area (Å²) in [5.74, 6) is 0. The standard InChI is InChI=1S/C12H17O2P/c1-3-5-10-15(13,14)12-9-7-6-8-11(12)4-2/h3,6-9H,1,4-5,10H2,2H3,(H,13,14). The van der Waals surface area contributed by atoms with Crippen molar-refractivity contribution in [1.29, 1.82) is 0 Å². The highest BCUT2D eigenvalue weighted by Gasteiger charge is 2.22. The summed E-state index contributed by atoms with van der Waals surface area (Å²) in [5, 5.41) is 0.606. The second kappa shape index (κ2) is 5.29. The van der Waals surface area contributed by atoms with Crippen molar-refractivity contribution in [2.75, 3.05) is 6.16 Å². The zero-order chi connectivity index (χ0) is 11.3. The first-order chi connectivity index (χ1) is 7.11. The Morgan fingerprint density at radius 2 is 2.13 bits per heavy atom. The van der Waals surface area contributed by atoms with Gasteiger partial charge in [-0.05, 0) is 24.5 Å². The Morgan fingerprint density at radius 3 is 2.73 bits per heavy atom. The first-order valence-electron chi connectivity index (χ1n) is 5.13. The average Bonchev–Trinajstić information content (AvgIpc) is 2.26. The lowest BCUT2D eigenvalue weighted by molar-refractivity contribution is 0.489. The van der Waals surface area contributed by atoms with Gasteiger partial charge in [0, 0.05) is 11.5 Å². The van der Waals surface area contributed by atoms with Crippen LogP contribution >= 0.6 is 7.37 Å². The number of hydrogen-bond acceptors (Lipinski definition) is 1. The highest BCUT2D eigenvalue weighted by atomic mass is 31.2. The van der Waals surface area contributed by atoms with Crippen LogP contribution in [0.3, 0.4) is 0 Å². The molecule has 0 aliphatic heterocycles. The lowest BCUT2D eigenvalue weighted by Gasteiger charge is -2.14. The third kappa shape index (κ3) is 3.05. The Labute approximate surface area is 91.1 Å². The molecule has 1 unspecified atom stereocenters. The number of allylic oxidation sites excluding steroid dienone is 1. The van der Waals surface area contributed by atoms with Gasteiger partial charge in [-0.2, -0.15) is 0 Å². The molecule has 0 radical (unpaired) electrons. The van der Waals surface area contributed by atoms with E-state index in [0.717, 1.165) is 12.0 Å². The molecule has 0 aromatic heterocycles. The fourth-order valence-corrected chi connectivity index (χ4v) is 3.31. The van der Waals surface area contributed by atoms with E-state index in [2.05, 4.69) is 6.58 Å². The van der Waals surface area contributed by atoms with Crippen LogP contribution in [0.1, 0.15) is 18.9 Å². The van der Waals surface area contributed by atoms with E-state index in [0.29, 0.717) is 11.7 Å². The second-order valence-corrected chi connectivity index (χ2v) is 5.82. The third-order valence-electron chi connectivity index (χ3n) is 2.39. The minimum absolute atomic E-state index is 0.285. The molecular formula is C12H17O2P. The van der Waals surface area contributed by atoms with Crippen molar-refractivity contribution < 1.29 is 9.46 Å². The fraction of sp³-hybridized carbons (Fsp3) is 0.333. The van der Waals surface area contributed by atoms with E-state index in [1.165, 1.54) is 0 Å². The Balaban J connectivity index is 3.02. The molecule has 1 N–H and O–H groups in total. The molecule has 0 spiro atoms. The quantitative estimate of drug-likeness (QED) is 0.616. The van der Waals surface area contributed by atoms with Crippen LogP contribution in [0.15, 0.2) is 36.9 Å². The van der Waals surface area contributed by atoms with Gasteiger partial charge in [-0.3, -0.25) is 4.57 Å². The minimum Gasteiger partial charge on any atom is -0.341 e. The highest BCUT2D eigenvalue weighted by molar-refractivity contribution is 7.66. The van der Waals surface area contributed by atoms with Crippen molar-refractivity contribution in [2.24, 2.45) is 0 Å². The molecule has 3 heteroatoms. The Kier molecular flexibility index (Phi) is 4.31. The van der Waals surface area contributed by atoms with Gasteiger partial charge in [0.25, 0.3) is 0 Å². The van der Waals surface area contributed by atoms with Crippen LogP contribution in [0.5, 0.6) is 0 Å². The van der Waals surface area contributed by atoms with Gasteiger partial charge in [-0.15, -0.1) is 6.58 Å². The molecule has 0 bridgehead atoms. The SMILES string of the molecule is C=CCCP(=O)(O)c1ccccc1CC. The van der Waals surface area contributed by atoms with E-state index in [-0.39, 0.29) is 6.16 Å². The van der Waals surface area contributed by atoms with Crippen molar-refractivity contribution in [3.8, 4) is 0 Å². The maximum absolute atomic E-state index is 12.1. The molecule has 0 aliphatic rings. The zero-order valence-electron chi connectivity index (χ0n) is 9.02. The molecule has 1 atom stereocenters. The van der Waals surface area contributed by atoms with Crippen molar-refractivity contribution in [1.82, 2.24) is 0 Å². The summed E-state index contributed by atoms with van der Waals surface area (Å²) < 4.78 is 12.1. The van der Waals surface area contributed by atoms with Crippen LogP contribution < -0.4 is 5.30 Å². The average molecular weight is 224 g/mol. The molecule has 0 aliphatic carbocycles. The second-order valence-electron chi connectivity index (χ2n) is 3.48. The predicted octanol–water partition coefficient (Wildman–Crippen LogP) is 2.72. The fourth-order valence-electron chi connectivity index (χ4n) is 1.54. The van der Waals surface area contributed by atoms with Gasteiger partial charge in [-0.1, -0.05) is 31.2 Å². The number of hydrogen-bond donors (Lipinski definition) is 1. The van der Waals surface area contributed by atoms with Crippen molar-refractivity contribution >= 4 is 12.7 Å². The van der Waals surface area contributed by atoms with E-state index < -0.39 is 7.37 Å². The third-order valence-corrected chi connectivity index (χ3v) is 4.44. The molecule has 1 aromatic rings. The number of rotatable bonds is 5. The summed E-state index contributed by atoms with van der Waals surface area (Å²) in [6, 6.07) is 7.37. The van der Waals surface area contributed by atoms with E-state index in [1.807, 2.05) is 25.1 Å². The van der Waals surface area contributed by atoms with Gasteiger partial charge in [0.05, 0.1) is 0 Å². The summed E-state index contributed by atoms with van der Waals surface area (Å²) in [6.45, 7) is 5.56. The lowest BCUT2D eigenvalue weighted by atomic mass is 10.2. The van der Waals surface area contributed by atoms with Crippen LogP contribution in [0, 0.1) is 0 Å². The summed E-state index contributed by atoms with van der Waals surface area (Å²) in [7, 11) is -3.19. The molecule has 1 aromatic carbocycles. The molecular weight excluding hydrogens is 207 g/mol. The first-order valence-corrected chi connectivity index (χ1v) is 6.97. The summed E-state index contributed by atoms with van der Waals surface area (Å²) in [5.41, 5.74) is 0.965. The monoisotopic (exact) mass is 224 g/mol. The smallest absolute Gasteiger partial charge is 0.230 e. The van der Waals surface area contributed by atoms with Gasteiger partial charge in [0.15, 0.2) is 0 Å². The summed E-state index contributed by atoms with van der Waals surface area (Å²) in [6.07, 6.45) is 3.32. The summed E-state index contributed by atoms with van der Waals surface area (Å²) in [4.78, 5) is 9.94. The van der Waals surface area contributed by atoms with Gasteiger partial charge in [-0.25, -0.2) is 0 Å². The van der Waals surface area contributed by atoms with E-state index in [4.69, 9.17) is 0 Å². The van der Waals surface area contributed by atoms with Crippen LogP contribution in [0.2, 0.25) is 0 Å². The van der Waals surface area contributed by atoms with Gasteiger partial charge < -0.3 is 4.89 Å². The Bertz CT molecular complexity index is 385. The molecule has 1 rings (SSSR count). The maximum atomic E-state index is 12.1. The van der Waals surface area contributed by atoms with Crippen molar-refractivity contribution in [3.05, 3.63) is 42.5 Å². The first kappa shape index (κ1) is 12.2. The van der Waals surface area contributed by atoms with Crippen molar-refractivity contribution in [3.63, 3.8) is 0 Å². The van der Waals surface area contributed by atoms with E-state index in [1.54, 1.807) is 12.1 Å². The molecule has 0 amide bonds. The van der Waals surface area contributed by atoms with Crippen molar-refractivity contribution in [2.45, 2.75) is 19.8 Å². The molecule has 0 heterocycles. The minimum atomic E-state index is -3.19. The van der Waals surface area contributed by atoms with Gasteiger partial charge >= 0.3 is 0 Å². The zero-order valence-corrected chi connectivity index (χ0v) is 9.91. The van der Waals surface area contributed by atoms with E-state index >= 15 is 0 Å². The molecule has 0 saturated heterocycles. The Morgan fingerprint density at radius 1 is 1.47 bits per heavy atom. The normalized spacial score (nSPS) is 14.5. The largest absolute Gasteiger partial charge is 0.341 e. The molecule has 0 saturated carbocycles. The molecule has 82 valence electrons. The van der Waals surface area contributed by atoms with Crippen LogP contribution in [-0.2, 0) is 11.0 Å². The Hall–Kier alpha value is -0.850. The van der Waals surface area contributed by atoms with Crippen LogP contribution in [0.25, 0.3) is 0 Å². The molecule has 2 nitrogen and oxygen atoms in total.